The highest BCUT2D eigenvalue weighted by molar-refractivity contribution is 8.00. The van der Waals surface area contributed by atoms with Gasteiger partial charge in [0.2, 0.25) is 5.91 Å². The third kappa shape index (κ3) is 4.58. The van der Waals surface area contributed by atoms with Crippen molar-refractivity contribution < 1.29 is 14.0 Å². The van der Waals surface area contributed by atoms with Crippen molar-refractivity contribution in [2.45, 2.75) is 30.8 Å². The van der Waals surface area contributed by atoms with Gasteiger partial charge in [-0.15, -0.1) is 10.2 Å². The quantitative estimate of drug-likeness (QED) is 0.582. The molecule has 0 saturated heterocycles. The van der Waals surface area contributed by atoms with Crippen LogP contribution in [-0.4, -0.2) is 36.9 Å². The van der Waals surface area contributed by atoms with E-state index in [4.69, 9.17) is 10.2 Å². The smallest absolute Gasteiger partial charge is 0.318 e. The zero-order valence-electron chi connectivity index (χ0n) is 15.4. The molecule has 0 fully saturated rings. The van der Waals surface area contributed by atoms with E-state index in [0.29, 0.717) is 17.5 Å². The maximum absolute atomic E-state index is 12.4. The number of thioether (sulfide) groups is 1. The van der Waals surface area contributed by atoms with Crippen LogP contribution < -0.4 is 11.1 Å². The Morgan fingerprint density at radius 1 is 1.29 bits per heavy atom. The van der Waals surface area contributed by atoms with Gasteiger partial charge in [0.15, 0.2) is 11.0 Å². The maximum atomic E-state index is 12.4. The van der Waals surface area contributed by atoms with E-state index < -0.39 is 17.2 Å². The van der Waals surface area contributed by atoms with Crippen molar-refractivity contribution in [2.24, 2.45) is 11.7 Å². The molecule has 10 heteroatoms. The number of carbonyl (C=O) groups is 2. The van der Waals surface area contributed by atoms with Crippen LogP contribution in [0.3, 0.4) is 0 Å². The monoisotopic (exact) mass is 400 g/mol. The predicted octanol–water partition coefficient (Wildman–Crippen LogP) is 2.29. The number of hydrogen-bond acceptors (Lipinski definition) is 7. The van der Waals surface area contributed by atoms with Crippen molar-refractivity contribution in [2.75, 3.05) is 0 Å². The van der Waals surface area contributed by atoms with Crippen molar-refractivity contribution in [1.29, 1.82) is 0 Å². The summed E-state index contributed by atoms with van der Waals surface area (Å²) in [5, 5.41) is 10.6. The number of rotatable bonds is 7. The largest absolute Gasteiger partial charge is 0.467 e. The van der Waals surface area contributed by atoms with E-state index in [-0.39, 0.29) is 5.92 Å². The number of primary amides is 1. The fourth-order valence-corrected chi connectivity index (χ4v) is 3.62. The standard InChI is InChI=1S/C18H20N6O3S/c1-11(2)14(16(25)21-17(19)26)28-18-23-22-15(12-5-3-7-20-9-12)24(18)10-13-6-4-8-27-13/h3-9,11,14H,10H2,1-2H3,(H3,19,21,25,26)/t14-/m0/s1. The van der Waals surface area contributed by atoms with E-state index in [0.717, 1.165) is 11.3 Å². The van der Waals surface area contributed by atoms with Crippen molar-refractivity contribution >= 4 is 23.7 Å². The van der Waals surface area contributed by atoms with Crippen LogP contribution in [0.2, 0.25) is 0 Å². The van der Waals surface area contributed by atoms with Gasteiger partial charge in [0, 0.05) is 18.0 Å². The Balaban J connectivity index is 1.96. The van der Waals surface area contributed by atoms with Gasteiger partial charge in [0.05, 0.1) is 18.1 Å². The van der Waals surface area contributed by atoms with Crippen LogP contribution in [0, 0.1) is 5.92 Å². The molecule has 3 aromatic heterocycles. The Kier molecular flexibility index (Phi) is 6.09. The first-order chi connectivity index (χ1) is 13.5. The fourth-order valence-electron chi connectivity index (χ4n) is 2.58. The second kappa shape index (κ2) is 8.70. The number of furan rings is 1. The molecular formula is C18H20N6O3S. The van der Waals surface area contributed by atoms with Gasteiger partial charge in [-0.1, -0.05) is 25.6 Å². The number of nitrogens with zero attached hydrogens (tertiary/aromatic N) is 4. The molecule has 0 aliphatic rings. The summed E-state index contributed by atoms with van der Waals surface area (Å²) in [7, 11) is 0. The highest BCUT2D eigenvalue weighted by Crippen LogP contribution is 2.30. The van der Waals surface area contributed by atoms with Gasteiger partial charge in [-0.25, -0.2) is 4.79 Å². The third-order valence-corrected chi connectivity index (χ3v) is 5.40. The number of nitrogens with two attached hydrogens (primary N) is 1. The Bertz CT molecular complexity index is 940. The minimum absolute atomic E-state index is 0.0695. The molecule has 3 heterocycles. The molecule has 28 heavy (non-hydrogen) atoms. The summed E-state index contributed by atoms with van der Waals surface area (Å²) in [4.78, 5) is 27.6. The number of aromatic nitrogens is 4. The Morgan fingerprint density at radius 3 is 2.71 bits per heavy atom. The number of hydrogen-bond donors (Lipinski definition) is 2. The number of imide groups is 1. The Hall–Kier alpha value is -3.14. The van der Waals surface area contributed by atoms with Gasteiger partial charge < -0.3 is 10.2 Å². The summed E-state index contributed by atoms with van der Waals surface area (Å²) >= 11 is 1.22. The summed E-state index contributed by atoms with van der Waals surface area (Å²) in [6.07, 6.45) is 4.96. The third-order valence-electron chi connectivity index (χ3n) is 3.87. The predicted molar refractivity (Wildman–Crippen MR) is 103 cm³/mol. The van der Waals surface area contributed by atoms with Crippen LogP contribution in [0.15, 0.2) is 52.5 Å². The number of amides is 3. The first-order valence-electron chi connectivity index (χ1n) is 8.58. The van der Waals surface area contributed by atoms with Crippen LogP contribution in [-0.2, 0) is 11.3 Å². The molecule has 0 saturated carbocycles. The lowest BCUT2D eigenvalue weighted by atomic mass is 10.1. The van der Waals surface area contributed by atoms with Crippen LogP contribution >= 0.6 is 11.8 Å². The summed E-state index contributed by atoms with van der Waals surface area (Å²) in [5.41, 5.74) is 5.88. The van der Waals surface area contributed by atoms with Crippen molar-refractivity contribution in [3.05, 3.63) is 48.7 Å². The lowest BCUT2D eigenvalue weighted by Crippen LogP contribution is -2.42. The van der Waals surface area contributed by atoms with E-state index in [1.165, 1.54) is 11.8 Å². The first kappa shape index (κ1) is 19.6. The Morgan fingerprint density at radius 2 is 2.11 bits per heavy atom. The molecule has 0 aliphatic heterocycles. The molecule has 146 valence electrons. The molecule has 0 radical (unpaired) electrons. The minimum atomic E-state index is -0.885. The van der Waals surface area contributed by atoms with Gasteiger partial charge in [-0.3, -0.25) is 19.7 Å². The second-order valence-corrected chi connectivity index (χ2v) is 7.46. The van der Waals surface area contributed by atoms with E-state index >= 15 is 0 Å². The number of pyridine rings is 1. The number of urea groups is 1. The zero-order chi connectivity index (χ0) is 20.1. The highest BCUT2D eigenvalue weighted by Gasteiger charge is 2.28. The minimum Gasteiger partial charge on any atom is -0.467 e. The topological polar surface area (TPSA) is 129 Å². The number of carbonyl (C=O) groups excluding carboxylic acids is 2. The summed E-state index contributed by atoms with van der Waals surface area (Å²) < 4.78 is 7.32. The zero-order valence-corrected chi connectivity index (χ0v) is 16.2. The molecule has 1 atom stereocenters. The van der Waals surface area contributed by atoms with Gasteiger partial charge >= 0.3 is 6.03 Å². The van der Waals surface area contributed by atoms with Gasteiger partial charge in [0.25, 0.3) is 0 Å². The number of nitrogens with one attached hydrogen (secondary N) is 1. The normalized spacial score (nSPS) is 12.1. The van der Waals surface area contributed by atoms with Crippen LogP contribution in [0.5, 0.6) is 0 Å². The van der Waals surface area contributed by atoms with Crippen molar-refractivity contribution in [3.8, 4) is 11.4 Å². The van der Waals surface area contributed by atoms with Gasteiger partial charge in [-0.05, 0) is 30.2 Å². The molecule has 3 rings (SSSR count). The Labute approximate surface area is 165 Å². The molecule has 3 aromatic rings. The van der Waals surface area contributed by atoms with Crippen molar-refractivity contribution in [1.82, 2.24) is 25.1 Å². The van der Waals surface area contributed by atoms with E-state index in [2.05, 4.69) is 20.5 Å². The van der Waals surface area contributed by atoms with Gasteiger partial charge in [0.1, 0.15) is 5.76 Å². The maximum Gasteiger partial charge on any atom is 0.318 e. The SMILES string of the molecule is CC(C)[C@H](Sc1nnc(-c2cccnc2)n1Cc1ccco1)C(=O)NC(N)=O. The van der Waals surface area contributed by atoms with Gasteiger partial charge in [-0.2, -0.15) is 0 Å². The van der Waals surface area contributed by atoms with Crippen molar-refractivity contribution in [3.63, 3.8) is 0 Å². The van der Waals surface area contributed by atoms with E-state index in [9.17, 15) is 9.59 Å². The summed E-state index contributed by atoms with van der Waals surface area (Å²) in [6, 6.07) is 6.45. The second-order valence-electron chi connectivity index (χ2n) is 6.35. The van der Waals surface area contributed by atoms with Crippen LogP contribution in [0.25, 0.3) is 11.4 Å². The first-order valence-corrected chi connectivity index (χ1v) is 9.46. The fraction of sp³-hybridized carbons (Fsp3) is 0.278. The lowest BCUT2D eigenvalue weighted by molar-refractivity contribution is -0.120. The molecule has 0 aromatic carbocycles. The molecule has 9 nitrogen and oxygen atoms in total. The van der Waals surface area contributed by atoms with E-state index in [1.807, 2.05) is 36.6 Å². The molecule has 0 spiro atoms. The molecular weight excluding hydrogens is 380 g/mol. The average molecular weight is 400 g/mol. The van der Waals surface area contributed by atoms with Crippen LogP contribution in [0.4, 0.5) is 4.79 Å². The van der Waals surface area contributed by atoms with Crippen LogP contribution in [0.1, 0.15) is 19.6 Å². The molecule has 0 aliphatic carbocycles. The summed E-state index contributed by atoms with van der Waals surface area (Å²) in [6.45, 7) is 4.15. The molecule has 0 unspecified atom stereocenters. The molecule has 3 amide bonds. The van der Waals surface area contributed by atoms with E-state index in [1.54, 1.807) is 24.7 Å². The molecule has 0 bridgehead atoms. The lowest BCUT2D eigenvalue weighted by Gasteiger charge is -2.18. The highest BCUT2D eigenvalue weighted by atomic mass is 32.2. The average Bonchev–Trinajstić information content (AvgIpc) is 3.30. The summed E-state index contributed by atoms with van der Waals surface area (Å²) in [5.74, 6) is 0.780. The molecule has 3 N–H and O–H groups in total.